The third-order valence-corrected chi connectivity index (χ3v) is 3.91. The van der Waals surface area contributed by atoms with E-state index < -0.39 is 0 Å². The van der Waals surface area contributed by atoms with Crippen LogP contribution < -0.4 is 11.1 Å². The molecular weight excluding hydrogens is 199 g/mol. The Hall–Kier alpha value is -0.740. The van der Waals surface area contributed by atoms with Gasteiger partial charge in [-0.05, 0) is 25.1 Å². The molecule has 1 heterocycles. The summed E-state index contributed by atoms with van der Waals surface area (Å²) in [4.78, 5) is 1.08. The lowest BCUT2D eigenvalue weighted by atomic mass is 10.2. The number of anilines is 1. The normalized spacial score (nSPS) is 25.4. The van der Waals surface area contributed by atoms with Gasteiger partial charge in [-0.3, -0.25) is 0 Å². The van der Waals surface area contributed by atoms with Gasteiger partial charge in [-0.1, -0.05) is 0 Å². The molecule has 0 aromatic heterocycles. The van der Waals surface area contributed by atoms with Crippen LogP contribution in [-0.4, -0.2) is 17.8 Å². The molecule has 2 atom stereocenters. The molecule has 0 spiro atoms. The molecule has 1 aromatic carbocycles. The zero-order chi connectivity index (χ0) is 10.1. The molecule has 0 bridgehead atoms. The second-order valence-electron chi connectivity index (χ2n) is 3.47. The molecule has 1 aliphatic rings. The van der Waals surface area contributed by atoms with Crippen LogP contribution in [-0.2, 0) is 0 Å². The maximum Gasteiger partial charge on any atom is 0.125 e. The van der Waals surface area contributed by atoms with Crippen molar-refractivity contribution in [3.63, 3.8) is 0 Å². The third-order valence-electron chi connectivity index (χ3n) is 2.39. The highest BCUT2D eigenvalue weighted by atomic mass is 32.2. The lowest BCUT2D eigenvalue weighted by Crippen LogP contribution is -2.37. The first-order valence-corrected chi connectivity index (χ1v) is 5.51. The van der Waals surface area contributed by atoms with E-state index in [4.69, 9.17) is 5.73 Å². The molecular formula is C10H13FN2S. The number of benzene rings is 1. The molecule has 2 nitrogen and oxygen atoms in total. The van der Waals surface area contributed by atoms with E-state index in [0.29, 0.717) is 17.8 Å². The summed E-state index contributed by atoms with van der Waals surface area (Å²) < 4.78 is 12.9. The summed E-state index contributed by atoms with van der Waals surface area (Å²) >= 11 is 1.72. The van der Waals surface area contributed by atoms with Crippen LogP contribution >= 0.6 is 11.8 Å². The molecule has 1 aliphatic heterocycles. The van der Waals surface area contributed by atoms with Gasteiger partial charge in [-0.25, -0.2) is 4.39 Å². The van der Waals surface area contributed by atoms with Gasteiger partial charge >= 0.3 is 0 Å². The molecule has 0 amide bonds. The highest BCUT2D eigenvalue weighted by molar-refractivity contribution is 8.00. The first kappa shape index (κ1) is 9.80. The quantitative estimate of drug-likeness (QED) is 0.748. The number of halogens is 1. The average Bonchev–Trinajstić information content (AvgIpc) is 2.16. The zero-order valence-electron chi connectivity index (χ0n) is 7.96. The molecule has 2 unspecified atom stereocenters. The summed E-state index contributed by atoms with van der Waals surface area (Å²) in [7, 11) is 0. The first-order valence-electron chi connectivity index (χ1n) is 4.63. The SMILES string of the molecule is CC1Nc2cc(F)ccc2SC1CN. The maximum atomic E-state index is 12.9. The van der Waals surface area contributed by atoms with Gasteiger partial charge in [0.2, 0.25) is 0 Å². The Balaban J connectivity index is 2.30. The summed E-state index contributed by atoms with van der Waals surface area (Å²) in [6, 6.07) is 5.11. The van der Waals surface area contributed by atoms with E-state index in [1.165, 1.54) is 12.1 Å². The minimum Gasteiger partial charge on any atom is -0.380 e. The molecule has 76 valence electrons. The standard InChI is InChI=1S/C10H13FN2S/c1-6-10(5-12)14-9-3-2-7(11)4-8(9)13-6/h2-4,6,10,13H,5,12H2,1H3. The topological polar surface area (TPSA) is 38.0 Å². The summed E-state index contributed by atoms with van der Waals surface area (Å²) in [5.74, 6) is -0.199. The molecule has 0 radical (unpaired) electrons. The molecule has 0 fully saturated rings. The van der Waals surface area contributed by atoms with Crippen molar-refractivity contribution in [1.29, 1.82) is 0 Å². The van der Waals surface area contributed by atoms with Crippen LogP contribution in [0.15, 0.2) is 23.1 Å². The van der Waals surface area contributed by atoms with Crippen molar-refractivity contribution >= 4 is 17.4 Å². The number of nitrogens with one attached hydrogen (secondary N) is 1. The summed E-state index contributed by atoms with van der Waals surface area (Å²) in [5, 5.41) is 3.63. The van der Waals surface area contributed by atoms with E-state index in [0.717, 1.165) is 10.6 Å². The van der Waals surface area contributed by atoms with Gasteiger partial charge in [-0.2, -0.15) is 0 Å². The van der Waals surface area contributed by atoms with Gasteiger partial charge in [0, 0.05) is 22.7 Å². The number of thioether (sulfide) groups is 1. The summed E-state index contributed by atoms with van der Waals surface area (Å²) in [6.45, 7) is 2.70. The largest absolute Gasteiger partial charge is 0.380 e. The van der Waals surface area contributed by atoms with Crippen molar-refractivity contribution in [3.8, 4) is 0 Å². The van der Waals surface area contributed by atoms with Gasteiger partial charge in [0.15, 0.2) is 0 Å². The number of hydrogen-bond acceptors (Lipinski definition) is 3. The summed E-state index contributed by atoms with van der Waals surface area (Å²) in [5.41, 5.74) is 6.53. The number of hydrogen-bond donors (Lipinski definition) is 2. The average molecular weight is 212 g/mol. The fraction of sp³-hybridized carbons (Fsp3) is 0.400. The van der Waals surface area contributed by atoms with E-state index in [1.807, 2.05) is 0 Å². The van der Waals surface area contributed by atoms with Crippen LogP contribution in [0.4, 0.5) is 10.1 Å². The van der Waals surface area contributed by atoms with Crippen molar-refractivity contribution < 1.29 is 4.39 Å². The van der Waals surface area contributed by atoms with Crippen LogP contribution in [0, 0.1) is 5.82 Å². The Kier molecular flexibility index (Phi) is 2.65. The van der Waals surface area contributed by atoms with Gasteiger partial charge < -0.3 is 11.1 Å². The molecule has 0 saturated carbocycles. The molecule has 2 rings (SSSR count). The molecule has 0 saturated heterocycles. The van der Waals surface area contributed by atoms with Crippen molar-refractivity contribution in [2.24, 2.45) is 5.73 Å². The minimum atomic E-state index is -0.199. The Morgan fingerprint density at radius 3 is 3.07 bits per heavy atom. The Morgan fingerprint density at radius 2 is 2.36 bits per heavy atom. The van der Waals surface area contributed by atoms with Crippen LogP contribution in [0.3, 0.4) is 0 Å². The fourth-order valence-corrected chi connectivity index (χ4v) is 2.66. The van der Waals surface area contributed by atoms with E-state index >= 15 is 0 Å². The predicted octanol–water partition coefficient (Wildman–Crippen LogP) is 2.06. The van der Waals surface area contributed by atoms with E-state index in [9.17, 15) is 4.39 Å². The van der Waals surface area contributed by atoms with Gasteiger partial charge in [0.25, 0.3) is 0 Å². The second kappa shape index (κ2) is 3.79. The third kappa shape index (κ3) is 1.72. The zero-order valence-corrected chi connectivity index (χ0v) is 8.77. The lowest BCUT2D eigenvalue weighted by Gasteiger charge is -2.30. The number of nitrogens with two attached hydrogens (primary N) is 1. The lowest BCUT2D eigenvalue weighted by molar-refractivity contribution is 0.625. The van der Waals surface area contributed by atoms with Gasteiger partial charge in [-0.15, -0.1) is 11.8 Å². The number of fused-ring (bicyclic) bond motifs is 1. The minimum absolute atomic E-state index is 0.199. The van der Waals surface area contributed by atoms with E-state index in [1.54, 1.807) is 17.8 Å². The summed E-state index contributed by atoms with van der Waals surface area (Å²) in [6.07, 6.45) is 0. The van der Waals surface area contributed by atoms with Crippen molar-refractivity contribution in [1.82, 2.24) is 0 Å². The van der Waals surface area contributed by atoms with Crippen molar-refractivity contribution in [2.75, 3.05) is 11.9 Å². The van der Waals surface area contributed by atoms with Crippen LogP contribution in [0.5, 0.6) is 0 Å². The second-order valence-corrected chi connectivity index (χ2v) is 4.75. The van der Waals surface area contributed by atoms with Gasteiger partial charge in [0.05, 0.1) is 5.69 Å². The Labute approximate surface area is 87.1 Å². The smallest absolute Gasteiger partial charge is 0.125 e. The van der Waals surface area contributed by atoms with Crippen LogP contribution in [0.2, 0.25) is 0 Å². The highest BCUT2D eigenvalue weighted by Crippen LogP contribution is 2.37. The molecule has 1 aromatic rings. The van der Waals surface area contributed by atoms with E-state index in [2.05, 4.69) is 12.2 Å². The monoisotopic (exact) mass is 212 g/mol. The maximum absolute atomic E-state index is 12.9. The highest BCUT2D eigenvalue weighted by Gasteiger charge is 2.24. The molecule has 0 aliphatic carbocycles. The van der Waals surface area contributed by atoms with Crippen molar-refractivity contribution in [2.45, 2.75) is 23.1 Å². The van der Waals surface area contributed by atoms with E-state index in [-0.39, 0.29) is 5.82 Å². The predicted molar refractivity (Wildman–Crippen MR) is 58.2 cm³/mol. The number of rotatable bonds is 1. The fourth-order valence-electron chi connectivity index (χ4n) is 1.57. The Bertz CT molecular complexity index is 343. The molecule has 4 heteroatoms. The molecule has 3 N–H and O–H groups in total. The Morgan fingerprint density at radius 1 is 1.57 bits per heavy atom. The van der Waals surface area contributed by atoms with Gasteiger partial charge in [0.1, 0.15) is 5.82 Å². The first-order chi connectivity index (χ1) is 6.70. The van der Waals surface area contributed by atoms with Crippen LogP contribution in [0.25, 0.3) is 0 Å². The van der Waals surface area contributed by atoms with Crippen molar-refractivity contribution in [3.05, 3.63) is 24.0 Å². The molecule has 14 heavy (non-hydrogen) atoms. The van der Waals surface area contributed by atoms with Crippen LogP contribution in [0.1, 0.15) is 6.92 Å².